The number of amides is 1. The second kappa shape index (κ2) is 4.78. The summed E-state index contributed by atoms with van der Waals surface area (Å²) in [5.41, 5.74) is 0. The first-order valence-electron chi connectivity index (χ1n) is 5.87. The molecule has 0 aliphatic carbocycles. The van der Waals surface area contributed by atoms with Crippen molar-refractivity contribution in [3.05, 3.63) is 0 Å². The number of nitrogens with zero attached hydrogens (tertiary/aromatic N) is 1. The van der Waals surface area contributed by atoms with Gasteiger partial charge in [-0.2, -0.15) is 0 Å². The number of nitrogens with one attached hydrogen (secondary N) is 1. The van der Waals surface area contributed by atoms with Gasteiger partial charge < -0.3 is 10.2 Å². The van der Waals surface area contributed by atoms with Crippen LogP contribution in [0.2, 0.25) is 0 Å². The lowest BCUT2D eigenvalue weighted by Gasteiger charge is -2.25. The summed E-state index contributed by atoms with van der Waals surface area (Å²) in [4.78, 5) is 13.4. The van der Waals surface area contributed by atoms with E-state index in [1.807, 2.05) is 4.90 Å². The zero-order chi connectivity index (χ0) is 9.80. The van der Waals surface area contributed by atoms with Gasteiger partial charge in [0.25, 0.3) is 0 Å². The predicted octanol–water partition coefficient (Wildman–Crippen LogP) is 1.14. The standard InChI is InChI=1S/C11H20N2O/c14-11-5-3-8-13(11)9-6-10-4-1-2-7-12-10/h10,12H,1-9H2. The van der Waals surface area contributed by atoms with E-state index in [0.717, 1.165) is 32.4 Å². The molecule has 0 spiro atoms. The number of hydrogen-bond acceptors (Lipinski definition) is 2. The molecular formula is C11H20N2O. The summed E-state index contributed by atoms with van der Waals surface area (Å²) < 4.78 is 0. The Bertz CT molecular complexity index is 199. The van der Waals surface area contributed by atoms with Crippen LogP contribution >= 0.6 is 0 Å². The monoisotopic (exact) mass is 196 g/mol. The second-order valence-electron chi connectivity index (χ2n) is 4.42. The highest BCUT2D eigenvalue weighted by molar-refractivity contribution is 5.77. The smallest absolute Gasteiger partial charge is 0.222 e. The molecule has 0 radical (unpaired) electrons. The van der Waals surface area contributed by atoms with Crippen molar-refractivity contribution in [2.75, 3.05) is 19.6 Å². The summed E-state index contributed by atoms with van der Waals surface area (Å²) in [6.07, 6.45) is 6.95. The number of likely N-dealkylation sites (tertiary alicyclic amines) is 1. The van der Waals surface area contributed by atoms with Gasteiger partial charge in [0.2, 0.25) is 5.91 Å². The van der Waals surface area contributed by atoms with E-state index in [9.17, 15) is 4.79 Å². The Kier molecular flexibility index (Phi) is 3.40. The molecule has 0 bridgehead atoms. The van der Waals surface area contributed by atoms with Gasteiger partial charge in [-0.15, -0.1) is 0 Å². The van der Waals surface area contributed by atoms with E-state index in [1.54, 1.807) is 0 Å². The molecule has 2 rings (SSSR count). The second-order valence-corrected chi connectivity index (χ2v) is 4.42. The molecule has 2 saturated heterocycles. The van der Waals surface area contributed by atoms with Gasteiger partial charge in [-0.3, -0.25) is 4.79 Å². The Morgan fingerprint density at radius 1 is 1.36 bits per heavy atom. The van der Waals surface area contributed by atoms with Crippen LogP contribution in [0.5, 0.6) is 0 Å². The summed E-state index contributed by atoms with van der Waals surface area (Å²) in [5, 5.41) is 3.52. The highest BCUT2D eigenvalue weighted by Gasteiger charge is 2.21. The molecule has 3 nitrogen and oxygen atoms in total. The minimum atomic E-state index is 0.362. The highest BCUT2D eigenvalue weighted by atomic mass is 16.2. The minimum Gasteiger partial charge on any atom is -0.343 e. The molecule has 2 heterocycles. The molecule has 1 unspecified atom stereocenters. The number of hydrogen-bond donors (Lipinski definition) is 1. The van der Waals surface area contributed by atoms with Crippen LogP contribution in [0.25, 0.3) is 0 Å². The average Bonchev–Trinajstić information content (AvgIpc) is 2.63. The van der Waals surface area contributed by atoms with Gasteiger partial charge in [0.15, 0.2) is 0 Å². The van der Waals surface area contributed by atoms with Crippen molar-refractivity contribution in [1.82, 2.24) is 10.2 Å². The van der Waals surface area contributed by atoms with Gasteiger partial charge in [-0.1, -0.05) is 6.42 Å². The predicted molar refractivity (Wildman–Crippen MR) is 56.1 cm³/mol. The fourth-order valence-electron chi connectivity index (χ4n) is 2.42. The van der Waals surface area contributed by atoms with Crippen molar-refractivity contribution < 1.29 is 4.79 Å². The number of carbonyl (C=O) groups excluding carboxylic acids is 1. The van der Waals surface area contributed by atoms with Crippen LogP contribution in [0.15, 0.2) is 0 Å². The topological polar surface area (TPSA) is 32.3 Å². The van der Waals surface area contributed by atoms with Crippen LogP contribution < -0.4 is 5.32 Å². The molecule has 0 aromatic heterocycles. The molecule has 0 aromatic rings. The van der Waals surface area contributed by atoms with Crippen LogP contribution in [0.1, 0.15) is 38.5 Å². The van der Waals surface area contributed by atoms with Gasteiger partial charge in [0, 0.05) is 25.6 Å². The van der Waals surface area contributed by atoms with Crippen LogP contribution in [0, 0.1) is 0 Å². The maximum Gasteiger partial charge on any atom is 0.222 e. The van der Waals surface area contributed by atoms with Crippen molar-refractivity contribution in [2.45, 2.75) is 44.6 Å². The molecular weight excluding hydrogens is 176 g/mol. The van der Waals surface area contributed by atoms with Gasteiger partial charge >= 0.3 is 0 Å². The molecule has 1 atom stereocenters. The maximum absolute atomic E-state index is 11.4. The fraction of sp³-hybridized carbons (Fsp3) is 0.909. The van der Waals surface area contributed by atoms with Crippen LogP contribution in [0.3, 0.4) is 0 Å². The van der Waals surface area contributed by atoms with Crippen molar-refractivity contribution in [1.29, 1.82) is 0 Å². The molecule has 1 amide bonds. The molecule has 80 valence electrons. The maximum atomic E-state index is 11.4. The van der Waals surface area contributed by atoms with E-state index in [4.69, 9.17) is 0 Å². The summed E-state index contributed by atoms with van der Waals surface area (Å²) in [6, 6.07) is 0.664. The molecule has 14 heavy (non-hydrogen) atoms. The summed E-state index contributed by atoms with van der Waals surface area (Å²) in [7, 11) is 0. The summed E-state index contributed by atoms with van der Waals surface area (Å²) in [5.74, 6) is 0.362. The molecule has 2 aliphatic heterocycles. The number of piperidine rings is 1. The Balaban J connectivity index is 1.68. The third-order valence-corrected chi connectivity index (χ3v) is 3.33. The van der Waals surface area contributed by atoms with E-state index in [0.29, 0.717) is 11.9 Å². The zero-order valence-corrected chi connectivity index (χ0v) is 8.80. The van der Waals surface area contributed by atoms with Gasteiger partial charge in [0.05, 0.1) is 0 Å². The van der Waals surface area contributed by atoms with E-state index in [-0.39, 0.29) is 0 Å². The van der Waals surface area contributed by atoms with Crippen LogP contribution in [-0.2, 0) is 4.79 Å². The Labute approximate surface area is 85.8 Å². The first kappa shape index (κ1) is 9.97. The molecule has 1 N–H and O–H groups in total. The van der Waals surface area contributed by atoms with E-state index < -0.39 is 0 Å². The summed E-state index contributed by atoms with van der Waals surface area (Å²) in [6.45, 7) is 3.13. The van der Waals surface area contributed by atoms with E-state index >= 15 is 0 Å². The van der Waals surface area contributed by atoms with Crippen LogP contribution in [-0.4, -0.2) is 36.5 Å². The Hall–Kier alpha value is -0.570. The molecule has 0 saturated carbocycles. The van der Waals surface area contributed by atoms with Crippen molar-refractivity contribution in [3.8, 4) is 0 Å². The van der Waals surface area contributed by atoms with Crippen molar-refractivity contribution >= 4 is 5.91 Å². The Morgan fingerprint density at radius 2 is 2.29 bits per heavy atom. The van der Waals surface area contributed by atoms with Crippen LogP contribution in [0.4, 0.5) is 0 Å². The zero-order valence-electron chi connectivity index (χ0n) is 8.80. The lowest BCUT2D eigenvalue weighted by molar-refractivity contribution is -0.127. The largest absolute Gasteiger partial charge is 0.343 e. The average molecular weight is 196 g/mol. The molecule has 2 aliphatic rings. The van der Waals surface area contributed by atoms with Crippen molar-refractivity contribution in [2.24, 2.45) is 0 Å². The van der Waals surface area contributed by atoms with E-state index in [2.05, 4.69) is 5.32 Å². The number of carbonyl (C=O) groups is 1. The van der Waals surface area contributed by atoms with Gasteiger partial charge in [-0.05, 0) is 32.2 Å². The normalized spacial score (nSPS) is 28.4. The van der Waals surface area contributed by atoms with Gasteiger partial charge in [-0.25, -0.2) is 0 Å². The first-order valence-corrected chi connectivity index (χ1v) is 5.87. The lowest BCUT2D eigenvalue weighted by Crippen LogP contribution is -2.37. The van der Waals surface area contributed by atoms with E-state index in [1.165, 1.54) is 25.8 Å². The fourth-order valence-corrected chi connectivity index (χ4v) is 2.42. The molecule has 3 heteroatoms. The quantitative estimate of drug-likeness (QED) is 0.734. The van der Waals surface area contributed by atoms with Crippen molar-refractivity contribution in [3.63, 3.8) is 0 Å². The number of rotatable bonds is 3. The lowest BCUT2D eigenvalue weighted by atomic mass is 10.0. The Morgan fingerprint density at radius 3 is 2.93 bits per heavy atom. The molecule has 2 fully saturated rings. The highest BCUT2D eigenvalue weighted by Crippen LogP contribution is 2.14. The SMILES string of the molecule is O=C1CCCN1CCC1CCCCN1. The summed E-state index contributed by atoms with van der Waals surface area (Å²) >= 11 is 0. The third-order valence-electron chi connectivity index (χ3n) is 3.33. The van der Waals surface area contributed by atoms with Gasteiger partial charge in [0.1, 0.15) is 0 Å². The first-order chi connectivity index (χ1) is 6.86. The third kappa shape index (κ3) is 2.47. The molecule has 0 aromatic carbocycles. The minimum absolute atomic E-state index is 0.362.